The van der Waals surface area contributed by atoms with Crippen LogP contribution in [0.5, 0.6) is 5.88 Å². The molecule has 2 aromatic rings. The summed E-state index contributed by atoms with van der Waals surface area (Å²) in [6.45, 7) is 0.576. The molecular formula is C14H15N3O5S2. The van der Waals surface area contributed by atoms with Gasteiger partial charge in [-0.1, -0.05) is 0 Å². The third-order valence-corrected chi connectivity index (χ3v) is 4.28. The van der Waals surface area contributed by atoms with Crippen LogP contribution in [0.4, 0.5) is 5.69 Å². The maximum absolute atomic E-state index is 12.0. The molecule has 0 radical (unpaired) electrons. The molecule has 0 aliphatic rings. The van der Waals surface area contributed by atoms with Gasteiger partial charge in [0.15, 0.2) is 4.77 Å². The van der Waals surface area contributed by atoms with E-state index in [0.717, 1.165) is 0 Å². The highest BCUT2D eigenvalue weighted by Crippen LogP contribution is 2.26. The summed E-state index contributed by atoms with van der Waals surface area (Å²) in [5.41, 5.74) is -0.303. The minimum atomic E-state index is -0.579. The number of hydrogen-bond acceptors (Lipinski definition) is 8. The third-order valence-electron chi connectivity index (χ3n) is 3.07. The van der Waals surface area contributed by atoms with Crippen molar-refractivity contribution in [3.05, 3.63) is 37.0 Å². The number of methoxy groups -OCH3 is 2. The molecule has 0 aromatic carbocycles. The first-order chi connectivity index (χ1) is 11.5. The zero-order valence-corrected chi connectivity index (χ0v) is 14.6. The Morgan fingerprint density at radius 1 is 1.54 bits per heavy atom. The van der Waals surface area contributed by atoms with E-state index < -0.39 is 11.5 Å². The van der Waals surface area contributed by atoms with Gasteiger partial charge in [0.1, 0.15) is 10.4 Å². The predicted molar refractivity (Wildman–Crippen MR) is 92.3 cm³/mol. The second-order valence-electron chi connectivity index (χ2n) is 4.53. The number of nitrogens with zero attached hydrogens (tertiary/aromatic N) is 2. The zero-order chi connectivity index (χ0) is 17.7. The summed E-state index contributed by atoms with van der Waals surface area (Å²) in [6, 6.07) is 1.61. The largest absolute Gasteiger partial charge is 0.494 e. The fraction of sp³-hybridized carbons (Fsp3) is 0.286. The first kappa shape index (κ1) is 18.0. The Balaban J connectivity index is 2.43. The SMILES string of the molecule is COCCn1c(O)c(C=Nc2ccsc2C(=O)OC)c(=O)[nH]c1=S. The Morgan fingerprint density at radius 2 is 2.29 bits per heavy atom. The van der Waals surface area contributed by atoms with E-state index in [4.69, 9.17) is 17.0 Å². The molecule has 0 aliphatic carbocycles. The van der Waals surface area contributed by atoms with Gasteiger partial charge in [0, 0.05) is 13.3 Å². The van der Waals surface area contributed by atoms with Crippen LogP contribution >= 0.6 is 23.6 Å². The normalized spacial score (nSPS) is 11.1. The van der Waals surface area contributed by atoms with Crippen LogP contribution in [0.1, 0.15) is 15.2 Å². The van der Waals surface area contributed by atoms with Crippen molar-refractivity contribution in [1.82, 2.24) is 9.55 Å². The molecule has 0 fully saturated rings. The molecule has 2 N–H and O–H groups in total. The van der Waals surface area contributed by atoms with Gasteiger partial charge in [0.05, 0.1) is 25.9 Å². The van der Waals surface area contributed by atoms with E-state index in [0.29, 0.717) is 17.2 Å². The molecule has 24 heavy (non-hydrogen) atoms. The fourth-order valence-corrected chi connectivity index (χ4v) is 2.89. The van der Waals surface area contributed by atoms with Gasteiger partial charge in [-0.2, -0.15) is 0 Å². The van der Waals surface area contributed by atoms with Crippen molar-refractivity contribution in [3.8, 4) is 5.88 Å². The van der Waals surface area contributed by atoms with E-state index in [9.17, 15) is 14.7 Å². The van der Waals surface area contributed by atoms with Crippen LogP contribution in [0.3, 0.4) is 0 Å². The number of aromatic amines is 1. The number of aromatic hydroxyl groups is 1. The summed E-state index contributed by atoms with van der Waals surface area (Å²) in [7, 11) is 2.78. The molecule has 0 bridgehead atoms. The molecule has 0 unspecified atom stereocenters. The Labute approximate surface area is 146 Å². The van der Waals surface area contributed by atoms with Gasteiger partial charge in [0.25, 0.3) is 5.56 Å². The number of esters is 1. The average molecular weight is 369 g/mol. The molecule has 8 nitrogen and oxygen atoms in total. The molecule has 128 valence electrons. The lowest BCUT2D eigenvalue weighted by Gasteiger charge is -2.10. The van der Waals surface area contributed by atoms with E-state index in [1.165, 1.54) is 36.3 Å². The molecule has 0 saturated heterocycles. The maximum atomic E-state index is 12.0. The topological polar surface area (TPSA) is 106 Å². The first-order valence-electron chi connectivity index (χ1n) is 6.74. The summed E-state index contributed by atoms with van der Waals surface area (Å²) >= 11 is 6.19. The number of aromatic nitrogens is 2. The summed E-state index contributed by atoms with van der Waals surface area (Å²) in [5, 5.41) is 11.9. The van der Waals surface area contributed by atoms with Crippen LogP contribution in [-0.2, 0) is 16.0 Å². The fourth-order valence-electron chi connectivity index (χ4n) is 1.87. The van der Waals surface area contributed by atoms with Gasteiger partial charge < -0.3 is 14.6 Å². The van der Waals surface area contributed by atoms with Crippen molar-refractivity contribution < 1.29 is 19.4 Å². The Hall–Kier alpha value is -2.30. The van der Waals surface area contributed by atoms with Gasteiger partial charge >= 0.3 is 5.97 Å². The molecule has 2 heterocycles. The van der Waals surface area contributed by atoms with Crippen molar-refractivity contribution in [2.75, 3.05) is 20.8 Å². The van der Waals surface area contributed by atoms with E-state index in [2.05, 4.69) is 14.7 Å². The van der Waals surface area contributed by atoms with E-state index >= 15 is 0 Å². The van der Waals surface area contributed by atoms with Crippen LogP contribution in [0.15, 0.2) is 21.2 Å². The number of H-pyrrole nitrogens is 1. The number of thiophene rings is 1. The summed E-state index contributed by atoms with van der Waals surface area (Å²) in [6.07, 6.45) is 1.18. The van der Waals surface area contributed by atoms with Crippen molar-refractivity contribution in [2.45, 2.75) is 6.54 Å². The highest BCUT2D eigenvalue weighted by Gasteiger charge is 2.14. The number of carbonyl (C=O) groups is 1. The molecule has 0 amide bonds. The van der Waals surface area contributed by atoms with Gasteiger partial charge in [-0.3, -0.25) is 19.3 Å². The third kappa shape index (κ3) is 3.78. The summed E-state index contributed by atoms with van der Waals surface area (Å²) < 4.78 is 11.0. The quantitative estimate of drug-likeness (QED) is 0.457. The monoisotopic (exact) mass is 369 g/mol. The summed E-state index contributed by atoms with van der Waals surface area (Å²) in [4.78, 5) is 30.5. The van der Waals surface area contributed by atoms with Crippen LogP contribution in [0.2, 0.25) is 0 Å². The van der Waals surface area contributed by atoms with Gasteiger partial charge in [-0.05, 0) is 23.7 Å². The lowest BCUT2D eigenvalue weighted by Crippen LogP contribution is -2.20. The molecule has 0 atom stereocenters. The highest BCUT2D eigenvalue weighted by atomic mass is 32.1. The van der Waals surface area contributed by atoms with Crippen molar-refractivity contribution in [1.29, 1.82) is 0 Å². The number of hydrogen-bond donors (Lipinski definition) is 2. The Bertz CT molecular complexity index is 881. The standard InChI is InChI=1S/C14H15N3O5S2/c1-21-5-4-17-12(19)8(11(18)16-14(17)23)7-15-9-3-6-24-10(9)13(20)22-2/h3,6-7,19H,4-5H2,1-2H3,(H,16,18,23). The van der Waals surface area contributed by atoms with Crippen molar-refractivity contribution in [3.63, 3.8) is 0 Å². The minimum absolute atomic E-state index is 0.0679. The van der Waals surface area contributed by atoms with Crippen molar-refractivity contribution >= 4 is 41.4 Å². The molecule has 10 heteroatoms. The zero-order valence-electron chi connectivity index (χ0n) is 12.9. The van der Waals surface area contributed by atoms with Crippen LogP contribution in [0, 0.1) is 4.77 Å². The first-order valence-corrected chi connectivity index (χ1v) is 8.03. The van der Waals surface area contributed by atoms with Crippen LogP contribution in [0.25, 0.3) is 0 Å². The predicted octanol–water partition coefficient (Wildman–Crippen LogP) is 1.86. The Kier molecular flexibility index (Phi) is 6.01. The lowest BCUT2D eigenvalue weighted by molar-refractivity contribution is 0.0607. The average Bonchev–Trinajstić information content (AvgIpc) is 3.02. The molecule has 2 aromatic heterocycles. The van der Waals surface area contributed by atoms with Gasteiger partial charge in [-0.25, -0.2) is 4.79 Å². The molecule has 0 spiro atoms. The number of aliphatic imine (C=N–C) groups is 1. The van der Waals surface area contributed by atoms with E-state index in [-0.39, 0.29) is 22.8 Å². The highest BCUT2D eigenvalue weighted by molar-refractivity contribution is 7.71. The second kappa shape index (κ2) is 7.99. The van der Waals surface area contributed by atoms with Gasteiger partial charge in [0.2, 0.25) is 5.88 Å². The molecule has 0 saturated carbocycles. The minimum Gasteiger partial charge on any atom is -0.494 e. The molecule has 2 rings (SSSR count). The smallest absolute Gasteiger partial charge is 0.350 e. The van der Waals surface area contributed by atoms with E-state index in [1.54, 1.807) is 11.4 Å². The number of carbonyl (C=O) groups excluding carboxylic acids is 1. The van der Waals surface area contributed by atoms with E-state index in [1.807, 2.05) is 0 Å². The summed E-state index contributed by atoms with van der Waals surface area (Å²) in [5.74, 6) is -0.842. The Morgan fingerprint density at radius 3 is 2.96 bits per heavy atom. The number of rotatable bonds is 6. The van der Waals surface area contributed by atoms with Crippen LogP contribution < -0.4 is 5.56 Å². The van der Waals surface area contributed by atoms with Gasteiger partial charge in [-0.15, -0.1) is 11.3 Å². The van der Waals surface area contributed by atoms with Crippen LogP contribution in [-0.4, -0.2) is 47.7 Å². The van der Waals surface area contributed by atoms with Crippen molar-refractivity contribution in [2.24, 2.45) is 4.99 Å². The number of ether oxygens (including phenoxy) is 2. The molecule has 0 aliphatic heterocycles. The number of nitrogens with one attached hydrogen (secondary N) is 1. The lowest BCUT2D eigenvalue weighted by atomic mass is 10.3. The molecular weight excluding hydrogens is 354 g/mol. The maximum Gasteiger partial charge on any atom is 0.350 e. The second-order valence-corrected chi connectivity index (χ2v) is 5.83.